The molecule has 1 saturated heterocycles. The number of carbonyl (C=O) groups is 1. The fourth-order valence-electron chi connectivity index (χ4n) is 4.50. The molecule has 156 valence electrons. The molecule has 31 heavy (non-hydrogen) atoms. The summed E-state index contributed by atoms with van der Waals surface area (Å²) in [6.45, 7) is 2.39. The maximum absolute atomic E-state index is 13.0. The second-order valence-corrected chi connectivity index (χ2v) is 8.40. The number of fused-ring (bicyclic) bond motifs is 2. The average Bonchev–Trinajstić information content (AvgIpc) is 2.83. The van der Waals surface area contributed by atoms with Crippen molar-refractivity contribution in [2.75, 3.05) is 26.8 Å². The Kier molecular flexibility index (Phi) is 5.39. The van der Waals surface area contributed by atoms with E-state index in [-0.39, 0.29) is 5.91 Å². The van der Waals surface area contributed by atoms with Gasteiger partial charge in [0.15, 0.2) is 0 Å². The number of pyridine rings is 1. The van der Waals surface area contributed by atoms with Gasteiger partial charge >= 0.3 is 0 Å². The molecule has 0 saturated carbocycles. The molecular weight excluding hydrogens is 384 g/mol. The van der Waals surface area contributed by atoms with Crippen LogP contribution in [0, 0.1) is 5.92 Å². The molecule has 0 unspecified atom stereocenters. The Bertz CT molecular complexity index is 1240. The van der Waals surface area contributed by atoms with Crippen LogP contribution < -0.4 is 0 Å². The van der Waals surface area contributed by atoms with Crippen LogP contribution in [-0.4, -0.2) is 42.6 Å². The Morgan fingerprint density at radius 2 is 1.74 bits per heavy atom. The molecule has 1 amide bonds. The molecule has 1 fully saturated rings. The molecule has 2 heterocycles. The minimum atomic E-state index is 0.0794. The molecule has 4 heteroatoms. The number of amides is 1. The van der Waals surface area contributed by atoms with Crippen LogP contribution in [0.25, 0.3) is 32.8 Å². The number of hydrogen-bond donors (Lipinski definition) is 0. The van der Waals surface area contributed by atoms with Gasteiger partial charge in [0.2, 0.25) is 0 Å². The van der Waals surface area contributed by atoms with Crippen LogP contribution >= 0.6 is 0 Å². The van der Waals surface area contributed by atoms with Crippen LogP contribution in [-0.2, 0) is 4.74 Å². The number of carbonyl (C=O) groups excluding carboxylic acids is 1. The van der Waals surface area contributed by atoms with Crippen LogP contribution in [0.1, 0.15) is 23.2 Å². The van der Waals surface area contributed by atoms with Crippen molar-refractivity contribution in [2.45, 2.75) is 12.8 Å². The van der Waals surface area contributed by atoms with Gasteiger partial charge in [0.1, 0.15) is 0 Å². The lowest BCUT2D eigenvalue weighted by atomic mass is 9.97. The molecule has 4 aromatic rings. The van der Waals surface area contributed by atoms with Crippen molar-refractivity contribution in [1.29, 1.82) is 0 Å². The van der Waals surface area contributed by atoms with Crippen molar-refractivity contribution in [2.24, 2.45) is 5.92 Å². The van der Waals surface area contributed by atoms with Crippen molar-refractivity contribution in [3.63, 3.8) is 0 Å². The molecule has 0 aliphatic carbocycles. The van der Waals surface area contributed by atoms with Crippen molar-refractivity contribution < 1.29 is 9.53 Å². The molecule has 1 aliphatic heterocycles. The highest BCUT2D eigenvalue weighted by molar-refractivity contribution is 6.00. The first-order valence-corrected chi connectivity index (χ1v) is 10.9. The number of hydrogen-bond acceptors (Lipinski definition) is 3. The maximum Gasteiger partial charge on any atom is 0.253 e. The minimum Gasteiger partial charge on any atom is -0.381 e. The smallest absolute Gasteiger partial charge is 0.253 e. The summed E-state index contributed by atoms with van der Waals surface area (Å²) in [5.41, 5.74) is 4.00. The van der Waals surface area contributed by atoms with Gasteiger partial charge in [0.05, 0.1) is 5.52 Å². The Morgan fingerprint density at radius 1 is 0.968 bits per heavy atom. The third kappa shape index (κ3) is 4.04. The van der Waals surface area contributed by atoms with Gasteiger partial charge < -0.3 is 9.64 Å². The molecule has 0 spiro atoms. The highest BCUT2D eigenvalue weighted by Crippen LogP contribution is 2.30. The van der Waals surface area contributed by atoms with Crippen LogP contribution in [0.4, 0.5) is 0 Å². The third-order valence-electron chi connectivity index (χ3n) is 6.25. The van der Waals surface area contributed by atoms with Crippen molar-refractivity contribution in [1.82, 2.24) is 9.88 Å². The van der Waals surface area contributed by atoms with Gasteiger partial charge in [-0.3, -0.25) is 9.78 Å². The second-order valence-electron chi connectivity index (χ2n) is 8.40. The highest BCUT2D eigenvalue weighted by atomic mass is 16.5. The normalized spacial score (nSPS) is 14.7. The summed E-state index contributed by atoms with van der Waals surface area (Å²) in [5, 5.41) is 3.32. The Balaban J connectivity index is 1.41. The Labute approximate surface area is 182 Å². The van der Waals surface area contributed by atoms with E-state index in [9.17, 15) is 4.79 Å². The van der Waals surface area contributed by atoms with E-state index in [1.165, 1.54) is 0 Å². The van der Waals surface area contributed by atoms with Gasteiger partial charge in [-0.05, 0) is 59.4 Å². The number of rotatable bonds is 4. The molecule has 5 rings (SSSR count). The Morgan fingerprint density at radius 3 is 2.61 bits per heavy atom. The van der Waals surface area contributed by atoms with Crippen molar-refractivity contribution in [3.05, 3.63) is 78.5 Å². The topological polar surface area (TPSA) is 42.4 Å². The number of ether oxygens (including phenoxy) is 1. The summed E-state index contributed by atoms with van der Waals surface area (Å²) >= 11 is 0. The zero-order valence-corrected chi connectivity index (χ0v) is 17.8. The molecular formula is C27H26N2O2. The van der Waals surface area contributed by atoms with Gasteiger partial charge in [-0.2, -0.15) is 0 Å². The average molecular weight is 411 g/mol. The lowest BCUT2D eigenvalue weighted by Gasteiger charge is -2.27. The van der Waals surface area contributed by atoms with Crippen LogP contribution in [0.2, 0.25) is 0 Å². The fourth-order valence-corrected chi connectivity index (χ4v) is 4.50. The van der Waals surface area contributed by atoms with Gasteiger partial charge in [-0.25, -0.2) is 0 Å². The molecule has 0 atom stereocenters. The predicted molar refractivity (Wildman–Crippen MR) is 125 cm³/mol. The molecule has 1 aromatic heterocycles. The molecule has 4 nitrogen and oxygen atoms in total. The van der Waals surface area contributed by atoms with Gasteiger partial charge in [-0.15, -0.1) is 0 Å². The first-order valence-electron chi connectivity index (χ1n) is 10.9. The Hall–Kier alpha value is -3.24. The summed E-state index contributed by atoms with van der Waals surface area (Å²) in [7, 11) is 1.90. The van der Waals surface area contributed by atoms with Crippen LogP contribution in [0.15, 0.2) is 72.9 Å². The number of para-hydroxylation sites is 1. The molecule has 0 bridgehead atoms. The molecule has 0 N–H and O–H groups in total. The number of benzene rings is 3. The summed E-state index contributed by atoms with van der Waals surface area (Å²) in [6, 6.07) is 22.7. The van der Waals surface area contributed by atoms with E-state index >= 15 is 0 Å². The molecule has 3 aromatic carbocycles. The monoisotopic (exact) mass is 410 g/mol. The summed E-state index contributed by atoms with van der Waals surface area (Å²) < 4.78 is 5.43. The van der Waals surface area contributed by atoms with E-state index in [0.29, 0.717) is 5.92 Å². The highest BCUT2D eigenvalue weighted by Gasteiger charge is 2.19. The van der Waals surface area contributed by atoms with E-state index in [1.807, 2.05) is 42.4 Å². The number of nitrogens with zero attached hydrogens (tertiary/aromatic N) is 2. The largest absolute Gasteiger partial charge is 0.381 e. The number of aromatic nitrogens is 1. The lowest BCUT2D eigenvalue weighted by molar-refractivity contribution is 0.0497. The third-order valence-corrected chi connectivity index (χ3v) is 6.25. The van der Waals surface area contributed by atoms with Gasteiger partial charge in [-0.1, -0.05) is 42.5 Å². The minimum absolute atomic E-state index is 0.0794. The summed E-state index contributed by atoms with van der Waals surface area (Å²) in [5.74, 6) is 0.607. The van der Waals surface area contributed by atoms with E-state index in [4.69, 9.17) is 4.74 Å². The second kappa shape index (κ2) is 8.48. The van der Waals surface area contributed by atoms with Crippen molar-refractivity contribution in [3.8, 4) is 11.1 Å². The van der Waals surface area contributed by atoms with Crippen LogP contribution in [0.3, 0.4) is 0 Å². The summed E-state index contributed by atoms with van der Waals surface area (Å²) in [4.78, 5) is 19.4. The fraction of sp³-hybridized carbons (Fsp3) is 0.259. The SMILES string of the molecule is CN(CC1CCOCC1)C(=O)c1ccc2cc(-c3cccc4cccnc34)ccc2c1. The molecule has 1 aliphatic rings. The zero-order chi connectivity index (χ0) is 21.2. The van der Waals surface area contributed by atoms with Gasteiger partial charge in [0.25, 0.3) is 5.91 Å². The first-order chi connectivity index (χ1) is 15.2. The van der Waals surface area contributed by atoms with E-state index < -0.39 is 0 Å². The standard InChI is InChI=1S/C27H26N2O2/c1-29(18-19-11-14-31-15-12-19)27(30)24-10-8-21-16-23(9-7-22(21)17-24)25-6-2-4-20-5-3-13-28-26(20)25/h2-10,13,16-17,19H,11-12,14-15,18H2,1H3. The van der Waals surface area contributed by atoms with E-state index in [0.717, 1.165) is 71.0 Å². The lowest BCUT2D eigenvalue weighted by Crippen LogP contribution is -2.34. The zero-order valence-electron chi connectivity index (χ0n) is 17.8. The van der Waals surface area contributed by atoms with Crippen LogP contribution in [0.5, 0.6) is 0 Å². The van der Waals surface area contributed by atoms with E-state index in [2.05, 4.69) is 47.4 Å². The maximum atomic E-state index is 13.0. The quantitative estimate of drug-likeness (QED) is 0.443. The molecule has 0 radical (unpaired) electrons. The summed E-state index contributed by atoms with van der Waals surface area (Å²) in [6.07, 6.45) is 3.89. The predicted octanol–water partition coefficient (Wildman–Crippen LogP) is 5.55. The van der Waals surface area contributed by atoms with Crippen molar-refractivity contribution >= 4 is 27.6 Å². The van der Waals surface area contributed by atoms with Gasteiger partial charge in [0, 0.05) is 49.5 Å². The van der Waals surface area contributed by atoms with E-state index in [1.54, 1.807) is 0 Å². The first kappa shape index (κ1) is 19.7.